The van der Waals surface area contributed by atoms with Crippen molar-refractivity contribution in [2.45, 2.75) is 38.4 Å². The van der Waals surface area contributed by atoms with Crippen molar-refractivity contribution in [2.75, 3.05) is 11.2 Å². The van der Waals surface area contributed by atoms with Crippen molar-refractivity contribution in [1.29, 1.82) is 0 Å². The summed E-state index contributed by atoms with van der Waals surface area (Å²) in [6.45, 7) is 3.94. The fraction of sp³-hybridized carbons (Fsp3) is 0.538. The van der Waals surface area contributed by atoms with Crippen LogP contribution in [0.15, 0.2) is 18.5 Å². The number of nitrogens with zero attached hydrogens (tertiary/aromatic N) is 3. The summed E-state index contributed by atoms with van der Waals surface area (Å²) in [5.74, 6) is 0.822. The van der Waals surface area contributed by atoms with Crippen molar-refractivity contribution in [3.8, 4) is 0 Å². The van der Waals surface area contributed by atoms with E-state index in [0.29, 0.717) is 23.6 Å². The number of fused-ring (bicyclic) bond motifs is 1. The molecule has 2 aromatic heterocycles. The third-order valence-corrected chi connectivity index (χ3v) is 3.72. The molecule has 0 saturated carbocycles. The van der Waals surface area contributed by atoms with Gasteiger partial charge >= 0.3 is 6.18 Å². The Labute approximate surface area is 125 Å². The van der Waals surface area contributed by atoms with Gasteiger partial charge in [-0.25, -0.2) is 9.50 Å². The highest BCUT2D eigenvalue weighted by Crippen LogP contribution is 2.31. The molecule has 2 heterocycles. The summed E-state index contributed by atoms with van der Waals surface area (Å²) in [4.78, 5) is 4.14. The van der Waals surface area contributed by atoms with Gasteiger partial charge in [0.05, 0.1) is 0 Å². The monoisotopic (exact) mass is 320 g/mol. The van der Waals surface area contributed by atoms with Gasteiger partial charge in [-0.15, -0.1) is 11.6 Å². The second-order valence-corrected chi connectivity index (χ2v) is 5.49. The lowest BCUT2D eigenvalue weighted by Gasteiger charge is -2.29. The summed E-state index contributed by atoms with van der Waals surface area (Å²) >= 11 is 5.79. The minimum absolute atomic E-state index is 0.291. The number of anilines is 1. The van der Waals surface area contributed by atoms with E-state index in [9.17, 15) is 13.2 Å². The number of halogens is 4. The van der Waals surface area contributed by atoms with Crippen LogP contribution in [0.3, 0.4) is 0 Å². The van der Waals surface area contributed by atoms with Gasteiger partial charge in [0.15, 0.2) is 11.5 Å². The lowest BCUT2D eigenvalue weighted by atomic mass is 9.95. The topological polar surface area (TPSA) is 42.2 Å². The van der Waals surface area contributed by atoms with Gasteiger partial charge in [0.25, 0.3) is 0 Å². The van der Waals surface area contributed by atoms with Gasteiger partial charge in [0.1, 0.15) is 5.52 Å². The third kappa shape index (κ3) is 3.40. The second-order valence-electron chi connectivity index (χ2n) is 5.11. The maximum Gasteiger partial charge on any atom is 0.435 e. The molecule has 1 N–H and O–H groups in total. The van der Waals surface area contributed by atoms with Gasteiger partial charge in [-0.3, -0.25) is 0 Å². The first-order valence-corrected chi connectivity index (χ1v) is 7.08. The lowest BCUT2D eigenvalue weighted by Crippen LogP contribution is -2.35. The second kappa shape index (κ2) is 5.71. The third-order valence-electron chi connectivity index (χ3n) is 3.53. The van der Waals surface area contributed by atoms with E-state index >= 15 is 0 Å². The number of alkyl halides is 4. The molecule has 2 rings (SSSR count). The smallest absolute Gasteiger partial charge is 0.363 e. The quantitative estimate of drug-likeness (QED) is 0.848. The Bertz CT molecular complexity index is 625. The van der Waals surface area contributed by atoms with E-state index in [2.05, 4.69) is 15.4 Å². The van der Waals surface area contributed by atoms with Gasteiger partial charge in [-0.05, 0) is 19.8 Å². The molecule has 0 fully saturated rings. The molecule has 8 heteroatoms. The molecule has 0 saturated heterocycles. The molecule has 0 spiro atoms. The van der Waals surface area contributed by atoms with Gasteiger partial charge < -0.3 is 5.32 Å². The van der Waals surface area contributed by atoms with Crippen LogP contribution in [0.25, 0.3) is 5.52 Å². The average Bonchev–Trinajstić information content (AvgIpc) is 2.84. The van der Waals surface area contributed by atoms with Crippen LogP contribution in [0.4, 0.5) is 19.0 Å². The fourth-order valence-corrected chi connectivity index (χ4v) is 2.40. The summed E-state index contributed by atoms with van der Waals surface area (Å²) in [7, 11) is 0. The Hall–Kier alpha value is -1.50. The van der Waals surface area contributed by atoms with Crippen molar-refractivity contribution in [3.05, 3.63) is 24.2 Å². The van der Waals surface area contributed by atoms with Gasteiger partial charge in [-0.2, -0.15) is 18.3 Å². The highest BCUT2D eigenvalue weighted by Gasteiger charge is 2.34. The molecule has 21 heavy (non-hydrogen) atoms. The Kier molecular flexibility index (Phi) is 4.32. The first kappa shape index (κ1) is 15.9. The molecule has 0 aromatic carbocycles. The van der Waals surface area contributed by atoms with Crippen LogP contribution in [-0.2, 0) is 6.18 Å². The van der Waals surface area contributed by atoms with Crippen LogP contribution in [0, 0.1) is 0 Å². The summed E-state index contributed by atoms with van der Waals surface area (Å²) in [6, 6.07) is 0.992. The van der Waals surface area contributed by atoms with Crippen molar-refractivity contribution in [3.63, 3.8) is 0 Å². The zero-order valence-corrected chi connectivity index (χ0v) is 12.5. The number of hydrogen-bond acceptors (Lipinski definition) is 3. The molecule has 0 amide bonds. The van der Waals surface area contributed by atoms with E-state index < -0.39 is 11.9 Å². The van der Waals surface area contributed by atoms with Crippen LogP contribution in [0.2, 0.25) is 0 Å². The van der Waals surface area contributed by atoms with E-state index in [1.54, 1.807) is 0 Å². The minimum atomic E-state index is -4.48. The molecule has 0 aliphatic rings. The molecule has 0 aliphatic carbocycles. The van der Waals surface area contributed by atoms with E-state index in [1.165, 1.54) is 16.9 Å². The first-order valence-electron chi connectivity index (χ1n) is 6.55. The highest BCUT2D eigenvalue weighted by molar-refractivity contribution is 6.17. The molecular weight excluding hydrogens is 305 g/mol. The zero-order chi connectivity index (χ0) is 15.7. The minimum Gasteiger partial charge on any atom is -0.363 e. The van der Waals surface area contributed by atoms with Crippen LogP contribution in [0.5, 0.6) is 0 Å². The number of nitrogens with one attached hydrogen (secondary N) is 1. The summed E-state index contributed by atoms with van der Waals surface area (Å²) in [5.41, 5.74) is -0.979. The molecule has 2 aromatic rings. The molecular formula is C13H16ClF3N4. The Morgan fingerprint density at radius 2 is 2.10 bits per heavy atom. The number of hydrogen-bond donors (Lipinski definition) is 1. The SMILES string of the molecule is CCC(C)(CCCl)Nc1nccn2nc(C(F)(F)F)cc12. The zero-order valence-electron chi connectivity index (χ0n) is 11.7. The van der Waals surface area contributed by atoms with Crippen molar-refractivity contribution in [1.82, 2.24) is 14.6 Å². The van der Waals surface area contributed by atoms with E-state index in [4.69, 9.17) is 11.6 Å². The lowest BCUT2D eigenvalue weighted by molar-refractivity contribution is -0.141. The predicted molar refractivity (Wildman–Crippen MR) is 75.6 cm³/mol. The normalized spacial score (nSPS) is 15.1. The van der Waals surface area contributed by atoms with Gasteiger partial charge in [0, 0.05) is 29.9 Å². The van der Waals surface area contributed by atoms with E-state index in [-0.39, 0.29) is 5.54 Å². The van der Waals surface area contributed by atoms with Crippen molar-refractivity contribution in [2.24, 2.45) is 0 Å². The summed E-state index contributed by atoms with van der Waals surface area (Å²) < 4.78 is 39.4. The largest absolute Gasteiger partial charge is 0.435 e. The van der Waals surface area contributed by atoms with Crippen LogP contribution in [0.1, 0.15) is 32.4 Å². The van der Waals surface area contributed by atoms with Crippen molar-refractivity contribution < 1.29 is 13.2 Å². The van der Waals surface area contributed by atoms with E-state index in [1.807, 2.05) is 13.8 Å². The Morgan fingerprint density at radius 1 is 1.38 bits per heavy atom. The van der Waals surface area contributed by atoms with Crippen LogP contribution < -0.4 is 5.32 Å². The molecule has 0 radical (unpaired) electrons. The van der Waals surface area contributed by atoms with Gasteiger partial charge in [-0.1, -0.05) is 6.92 Å². The average molecular weight is 321 g/mol. The number of aromatic nitrogens is 3. The summed E-state index contributed by atoms with van der Waals surface area (Å²) in [6.07, 6.45) is -0.232. The predicted octanol–water partition coefficient (Wildman–Crippen LogP) is 3.96. The fourth-order valence-electron chi connectivity index (χ4n) is 1.98. The Morgan fingerprint density at radius 3 is 2.67 bits per heavy atom. The molecule has 1 unspecified atom stereocenters. The van der Waals surface area contributed by atoms with Crippen LogP contribution >= 0.6 is 11.6 Å². The van der Waals surface area contributed by atoms with Gasteiger partial charge in [0.2, 0.25) is 0 Å². The van der Waals surface area contributed by atoms with Crippen molar-refractivity contribution >= 4 is 22.9 Å². The highest BCUT2D eigenvalue weighted by atomic mass is 35.5. The maximum atomic E-state index is 12.7. The molecule has 0 aliphatic heterocycles. The summed E-state index contributed by atoms with van der Waals surface area (Å²) in [5, 5.41) is 6.72. The maximum absolute atomic E-state index is 12.7. The first-order chi connectivity index (χ1) is 9.79. The standard InChI is InChI=1S/C13H16ClF3N4/c1-3-12(2,4-5-14)19-11-9-8-10(13(15,16)17)20-21(9)7-6-18-11/h6-8H,3-5H2,1-2H3,(H,18,19). The molecule has 1 atom stereocenters. The number of rotatable bonds is 5. The Balaban J connectivity index is 2.43. The van der Waals surface area contributed by atoms with Crippen LogP contribution in [-0.4, -0.2) is 26.0 Å². The molecule has 116 valence electrons. The molecule has 0 bridgehead atoms. The van der Waals surface area contributed by atoms with E-state index in [0.717, 1.165) is 12.5 Å². The molecule has 4 nitrogen and oxygen atoms in total.